The summed E-state index contributed by atoms with van der Waals surface area (Å²) in [4.78, 5) is 29.2. The molecule has 0 radical (unpaired) electrons. The number of rotatable bonds is 4. The van der Waals surface area contributed by atoms with Gasteiger partial charge < -0.3 is 24.0 Å². The van der Waals surface area contributed by atoms with E-state index < -0.39 is 10.0 Å². The number of amides is 2. The SMILES string of the molecule is CN1C(=O)c2cc(NS(C)(=O)=O)ccc2OC[C@@H]2O[C@H](CC(=O)N3CCOCC3)CC[C@@H]21. The molecule has 3 aliphatic rings. The molecule has 2 fully saturated rings. The molecule has 1 aromatic carbocycles. The summed E-state index contributed by atoms with van der Waals surface area (Å²) < 4.78 is 42.9. The van der Waals surface area contributed by atoms with Crippen LogP contribution in [0.1, 0.15) is 29.6 Å². The van der Waals surface area contributed by atoms with Crippen molar-refractivity contribution in [2.75, 3.05) is 50.9 Å². The molecular weight excluding hydrogens is 438 g/mol. The van der Waals surface area contributed by atoms with Gasteiger partial charge in [-0.25, -0.2) is 8.42 Å². The van der Waals surface area contributed by atoms with Gasteiger partial charge in [0.2, 0.25) is 15.9 Å². The van der Waals surface area contributed by atoms with Crippen LogP contribution >= 0.6 is 0 Å². The van der Waals surface area contributed by atoms with Gasteiger partial charge in [0, 0.05) is 25.8 Å². The molecule has 0 saturated carbocycles. The van der Waals surface area contributed by atoms with Crippen LogP contribution in [-0.2, 0) is 24.3 Å². The van der Waals surface area contributed by atoms with Crippen molar-refractivity contribution in [3.8, 4) is 5.75 Å². The number of sulfonamides is 1. The Labute approximate surface area is 187 Å². The van der Waals surface area contributed by atoms with Gasteiger partial charge in [0.25, 0.3) is 5.91 Å². The molecule has 0 spiro atoms. The molecular formula is C21H29N3O7S. The van der Waals surface area contributed by atoms with Crippen LogP contribution in [0.15, 0.2) is 18.2 Å². The number of likely N-dealkylation sites (N-methyl/N-ethyl adjacent to an activating group) is 1. The summed E-state index contributed by atoms with van der Waals surface area (Å²) in [5.74, 6) is 0.164. The Morgan fingerprint density at radius 2 is 1.97 bits per heavy atom. The van der Waals surface area contributed by atoms with Crippen molar-refractivity contribution in [1.82, 2.24) is 9.80 Å². The van der Waals surface area contributed by atoms with E-state index in [1.54, 1.807) is 24.1 Å². The van der Waals surface area contributed by atoms with Gasteiger partial charge in [-0.1, -0.05) is 0 Å². The smallest absolute Gasteiger partial charge is 0.257 e. The maximum absolute atomic E-state index is 13.2. The lowest BCUT2D eigenvalue weighted by molar-refractivity contribution is -0.146. The molecule has 0 aliphatic carbocycles. The van der Waals surface area contributed by atoms with Crippen molar-refractivity contribution in [3.05, 3.63) is 23.8 Å². The van der Waals surface area contributed by atoms with Crippen LogP contribution in [0.2, 0.25) is 0 Å². The van der Waals surface area contributed by atoms with Crippen molar-refractivity contribution in [1.29, 1.82) is 0 Å². The van der Waals surface area contributed by atoms with Crippen molar-refractivity contribution in [3.63, 3.8) is 0 Å². The first kappa shape index (κ1) is 22.8. The zero-order valence-electron chi connectivity index (χ0n) is 18.3. The fourth-order valence-electron chi connectivity index (χ4n) is 4.44. The Kier molecular flexibility index (Phi) is 6.59. The highest BCUT2D eigenvalue weighted by molar-refractivity contribution is 7.92. The average Bonchev–Trinajstić information content (AvgIpc) is 2.76. The topological polar surface area (TPSA) is 114 Å². The molecule has 11 heteroatoms. The van der Waals surface area contributed by atoms with E-state index in [1.165, 1.54) is 6.07 Å². The number of carbonyl (C=O) groups is 2. The summed E-state index contributed by atoms with van der Waals surface area (Å²) in [6.45, 7) is 2.55. The lowest BCUT2D eigenvalue weighted by Crippen LogP contribution is -2.54. The normalized spacial score (nSPS) is 26.3. The Morgan fingerprint density at radius 1 is 1.22 bits per heavy atom. The van der Waals surface area contributed by atoms with E-state index in [0.29, 0.717) is 62.6 Å². The summed E-state index contributed by atoms with van der Waals surface area (Å²) in [5.41, 5.74) is 0.597. The standard InChI is InChI=1S/C21H29N3O7S/c1-23-17-5-4-15(12-20(25)24-7-9-29-10-8-24)31-19(17)13-30-18-6-3-14(22-32(2,27)28)11-16(18)21(23)26/h3,6,11,15,17,19,22H,4-5,7-10,12-13H2,1-2H3/t15-,17-,19-/m0/s1. The fraction of sp³-hybridized carbons (Fsp3) is 0.619. The quantitative estimate of drug-likeness (QED) is 0.693. The van der Waals surface area contributed by atoms with Crippen LogP contribution in [0.4, 0.5) is 5.69 Å². The Morgan fingerprint density at radius 3 is 2.69 bits per heavy atom. The number of nitrogens with zero attached hydrogens (tertiary/aromatic N) is 2. The molecule has 3 heterocycles. The highest BCUT2D eigenvalue weighted by atomic mass is 32.2. The Bertz CT molecular complexity index is 978. The summed E-state index contributed by atoms with van der Waals surface area (Å²) in [6.07, 6.45) is 2.13. The maximum atomic E-state index is 13.2. The van der Waals surface area contributed by atoms with Crippen LogP contribution in [-0.4, -0.2) is 94.5 Å². The molecule has 3 atom stereocenters. The lowest BCUT2D eigenvalue weighted by Gasteiger charge is -2.42. The molecule has 32 heavy (non-hydrogen) atoms. The maximum Gasteiger partial charge on any atom is 0.257 e. The first-order valence-corrected chi connectivity index (χ1v) is 12.6. The van der Waals surface area contributed by atoms with Crippen LogP contribution in [0, 0.1) is 0 Å². The Hall–Kier alpha value is -2.37. The minimum atomic E-state index is -3.47. The van der Waals surface area contributed by atoms with E-state index in [4.69, 9.17) is 14.2 Å². The van der Waals surface area contributed by atoms with Gasteiger partial charge in [-0.05, 0) is 31.0 Å². The predicted octanol–water partition coefficient (Wildman–Crippen LogP) is 0.688. The zero-order valence-corrected chi connectivity index (χ0v) is 19.1. The lowest BCUT2D eigenvalue weighted by atomic mass is 9.94. The van der Waals surface area contributed by atoms with Gasteiger partial charge in [0.05, 0.1) is 43.6 Å². The largest absolute Gasteiger partial charge is 0.490 e. The van der Waals surface area contributed by atoms with Gasteiger partial charge in [0.15, 0.2) is 0 Å². The third-order valence-electron chi connectivity index (χ3n) is 6.08. The van der Waals surface area contributed by atoms with E-state index in [9.17, 15) is 18.0 Å². The second kappa shape index (κ2) is 9.24. The molecule has 0 bridgehead atoms. The molecule has 1 aromatic rings. The minimum Gasteiger partial charge on any atom is -0.490 e. The van der Waals surface area contributed by atoms with Crippen molar-refractivity contribution in [2.24, 2.45) is 0 Å². The third kappa shape index (κ3) is 5.16. The predicted molar refractivity (Wildman–Crippen MR) is 116 cm³/mol. The van der Waals surface area contributed by atoms with E-state index in [-0.39, 0.29) is 36.7 Å². The Balaban J connectivity index is 1.46. The molecule has 3 aliphatic heterocycles. The number of benzene rings is 1. The van der Waals surface area contributed by atoms with Gasteiger partial charge in [-0.3, -0.25) is 14.3 Å². The minimum absolute atomic E-state index is 0.0594. The van der Waals surface area contributed by atoms with Gasteiger partial charge in [-0.15, -0.1) is 0 Å². The average molecular weight is 468 g/mol. The second-order valence-electron chi connectivity index (χ2n) is 8.45. The number of hydrogen-bond acceptors (Lipinski definition) is 7. The van der Waals surface area contributed by atoms with E-state index in [0.717, 1.165) is 6.26 Å². The highest BCUT2D eigenvalue weighted by Gasteiger charge is 2.39. The van der Waals surface area contributed by atoms with E-state index in [1.807, 2.05) is 4.90 Å². The van der Waals surface area contributed by atoms with Crippen LogP contribution in [0.25, 0.3) is 0 Å². The molecule has 4 rings (SSSR count). The molecule has 0 unspecified atom stereocenters. The molecule has 2 amide bonds. The van der Waals surface area contributed by atoms with Crippen molar-refractivity contribution in [2.45, 2.75) is 37.5 Å². The van der Waals surface area contributed by atoms with Crippen LogP contribution in [0.3, 0.4) is 0 Å². The van der Waals surface area contributed by atoms with E-state index in [2.05, 4.69) is 4.72 Å². The van der Waals surface area contributed by atoms with Gasteiger partial charge >= 0.3 is 0 Å². The highest BCUT2D eigenvalue weighted by Crippen LogP contribution is 2.32. The number of fused-ring (bicyclic) bond motifs is 2. The van der Waals surface area contributed by atoms with Gasteiger partial charge in [-0.2, -0.15) is 0 Å². The first-order chi connectivity index (χ1) is 15.2. The fourth-order valence-corrected chi connectivity index (χ4v) is 5.00. The van der Waals surface area contributed by atoms with Gasteiger partial charge in [0.1, 0.15) is 18.5 Å². The summed E-state index contributed by atoms with van der Waals surface area (Å²) >= 11 is 0. The molecule has 0 aromatic heterocycles. The van der Waals surface area contributed by atoms with Crippen LogP contribution < -0.4 is 9.46 Å². The number of anilines is 1. The molecule has 176 valence electrons. The molecule has 2 saturated heterocycles. The number of ether oxygens (including phenoxy) is 3. The van der Waals surface area contributed by atoms with Crippen LogP contribution in [0.5, 0.6) is 5.75 Å². The third-order valence-corrected chi connectivity index (χ3v) is 6.69. The summed E-state index contributed by atoms with van der Waals surface area (Å²) in [5, 5.41) is 0. The molecule has 10 nitrogen and oxygen atoms in total. The zero-order chi connectivity index (χ0) is 22.9. The summed E-state index contributed by atoms with van der Waals surface area (Å²) in [6, 6.07) is 4.43. The number of nitrogens with one attached hydrogen (secondary N) is 1. The van der Waals surface area contributed by atoms with Crippen molar-refractivity contribution < 1.29 is 32.2 Å². The van der Waals surface area contributed by atoms with Crippen molar-refractivity contribution >= 4 is 27.5 Å². The number of hydrogen-bond donors (Lipinski definition) is 1. The summed E-state index contributed by atoms with van der Waals surface area (Å²) in [7, 11) is -1.75. The monoisotopic (exact) mass is 467 g/mol. The molecule has 1 N–H and O–H groups in total. The number of morpholine rings is 1. The number of carbonyl (C=O) groups excluding carboxylic acids is 2. The van der Waals surface area contributed by atoms with E-state index >= 15 is 0 Å². The first-order valence-electron chi connectivity index (χ1n) is 10.7. The second-order valence-corrected chi connectivity index (χ2v) is 10.2.